The van der Waals surface area contributed by atoms with Gasteiger partial charge in [-0.15, -0.1) is 0 Å². The molecule has 0 bridgehead atoms. The van der Waals surface area contributed by atoms with Crippen molar-refractivity contribution in [1.82, 2.24) is 20.4 Å². The summed E-state index contributed by atoms with van der Waals surface area (Å²) in [5, 5.41) is 17.4. The van der Waals surface area contributed by atoms with Crippen LogP contribution in [0, 0.1) is 5.92 Å². The Hall–Kier alpha value is -2.74. The number of hydrogen-bond donors (Lipinski definition) is 2. The average molecular weight is 398 g/mol. The number of nitrogens with zero attached hydrogens (tertiary/aromatic N) is 3. The predicted octanol–water partition coefficient (Wildman–Crippen LogP) is 1.87. The van der Waals surface area contributed by atoms with Crippen LogP contribution in [0.1, 0.15) is 54.8 Å². The number of aliphatic hydroxyl groups is 1. The van der Waals surface area contributed by atoms with E-state index in [-0.39, 0.29) is 29.5 Å². The lowest BCUT2D eigenvalue weighted by atomic mass is 9.83. The highest BCUT2D eigenvalue weighted by molar-refractivity contribution is 5.91. The van der Waals surface area contributed by atoms with Crippen molar-refractivity contribution in [2.24, 2.45) is 5.92 Å². The number of likely N-dealkylation sites (tertiary alicyclic amines) is 1. The summed E-state index contributed by atoms with van der Waals surface area (Å²) >= 11 is 0. The maximum atomic E-state index is 12.9. The van der Waals surface area contributed by atoms with E-state index in [0.29, 0.717) is 31.6 Å². The highest BCUT2D eigenvalue weighted by Crippen LogP contribution is 2.33. The van der Waals surface area contributed by atoms with Crippen LogP contribution < -0.4 is 5.32 Å². The van der Waals surface area contributed by atoms with Crippen molar-refractivity contribution in [2.45, 2.75) is 50.2 Å². The summed E-state index contributed by atoms with van der Waals surface area (Å²) in [4.78, 5) is 31.2. The Labute approximate surface area is 169 Å². The van der Waals surface area contributed by atoms with Crippen molar-refractivity contribution in [2.75, 3.05) is 13.1 Å². The normalized spacial score (nSPS) is 24.1. The van der Waals surface area contributed by atoms with Gasteiger partial charge in [-0.2, -0.15) is 0 Å². The van der Waals surface area contributed by atoms with Crippen molar-refractivity contribution in [3.8, 4) is 0 Å². The number of piperidine rings is 1. The summed E-state index contributed by atoms with van der Waals surface area (Å²) in [5.74, 6) is 0.0848. The van der Waals surface area contributed by atoms with E-state index in [9.17, 15) is 14.7 Å². The minimum atomic E-state index is -0.958. The molecule has 1 aliphatic carbocycles. The molecule has 2 aliphatic rings. The Morgan fingerprint density at radius 1 is 1.10 bits per heavy atom. The second-order valence-corrected chi connectivity index (χ2v) is 7.97. The van der Waals surface area contributed by atoms with E-state index in [1.807, 2.05) is 23.1 Å². The van der Waals surface area contributed by atoms with Gasteiger partial charge < -0.3 is 19.8 Å². The van der Waals surface area contributed by atoms with E-state index in [1.165, 1.54) is 12.3 Å². The number of rotatable bonds is 4. The van der Waals surface area contributed by atoms with Gasteiger partial charge in [-0.1, -0.05) is 11.2 Å². The lowest BCUT2D eigenvalue weighted by molar-refractivity contribution is -0.141. The van der Waals surface area contributed by atoms with Crippen molar-refractivity contribution in [3.63, 3.8) is 0 Å². The molecule has 0 unspecified atom stereocenters. The molecule has 8 heteroatoms. The molecule has 3 heterocycles. The van der Waals surface area contributed by atoms with Gasteiger partial charge in [0, 0.05) is 37.3 Å². The first-order chi connectivity index (χ1) is 14.0. The Morgan fingerprint density at radius 2 is 1.86 bits per heavy atom. The lowest BCUT2D eigenvalue weighted by Crippen LogP contribution is -2.48. The van der Waals surface area contributed by atoms with Crippen LogP contribution in [0.4, 0.5) is 0 Å². The van der Waals surface area contributed by atoms with Crippen LogP contribution in [-0.2, 0) is 10.4 Å². The zero-order valence-corrected chi connectivity index (χ0v) is 16.3. The zero-order valence-electron chi connectivity index (χ0n) is 16.3. The topological polar surface area (TPSA) is 109 Å². The summed E-state index contributed by atoms with van der Waals surface area (Å²) < 4.78 is 4.88. The quantitative estimate of drug-likeness (QED) is 0.814. The number of amides is 2. The van der Waals surface area contributed by atoms with Gasteiger partial charge in [0.15, 0.2) is 0 Å². The minimum Gasteiger partial charge on any atom is -0.383 e. The van der Waals surface area contributed by atoms with Gasteiger partial charge in [0.2, 0.25) is 11.7 Å². The SMILES string of the molecule is O=C(NC1CCC(C(=O)N2CCC(O)(c3ccccn3)CC2)CC1)c1ccno1. The average Bonchev–Trinajstić information content (AvgIpc) is 3.30. The van der Waals surface area contributed by atoms with Crippen LogP contribution in [0.2, 0.25) is 0 Å². The maximum absolute atomic E-state index is 12.9. The molecule has 2 aromatic heterocycles. The second-order valence-electron chi connectivity index (χ2n) is 7.97. The molecule has 29 heavy (non-hydrogen) atoms. The summed E-state index contributed by atoms with van der Waals surface area (Å²) in [6, 6.07) is 7.12. The van der Waals surface area contributed by atoms with Crippen molar-refractivity contribution >= 4 is 11.8 Å². The first-order valence-electron chi connectivity index (χ1n) is 10.2. The van der Waals surface area contributed by atoms with Gasteiger partial charge in [-0.05, 0) is 50.7 Å². The zero-order chi connectivity index (χ0) is 20.3. The smallest absolute Gasteiger partial charge is 0.290 e. The molecule has 154 valence electrons. The van der Waals surface area contributed by atoms with Gasteiger partial charge >= 0.3 is 0 Å². The van der Waals surface area contributed by atoms with E-state index in [2.05, 4.69) is 15.5 Å². The van der Waals surface area contributed by atoms with E-state index in [0.717, 1.165) is 25.7 Å². The summed E-state index contributed by atoms with van der Waals surface area (Å²) in [6.45, 7) is 1.07. The van der Waals surface area contributed by atoms with E-state index in [4.69, 9.17) is 4.52 Å². The fraction of sp³-hybridized carbons (Fsp3) is 0.524. The third kappa shape index (κ3) is 4.32. The number of hydrogen-bond acceptors (Lipinski definition) is 6. The lowest BCUT2D eigenvalue weighted by Gasteiger charge is -2.40. The molecular weight excluding hydrogens is 372 g/mol. The van der Waals surface area contributed by atoms with Gasteiger partial charge in [-0.25, -0.2) is 0 Å². The maximum Gasteiger partial charge on any atom is 0.290 e. The monoisotopic (exact) mass is 398 g/mol. The minimum absolute atomic E-state index is 0.0190. The van der Waals surface area contributed by atoms with E-state index in [1.54, 1.807) is 6.20 Å². The third-order valence-corrected chi connectivity index (χ3v) is 6.12. The van der Waals surface area contributed by atoms with E-state index >= 15 is 0 Å². The molecule has 0 radical (unpaired) electrons. The fourth-order valence-corrected chi connectivity index (χ4v) is 4.32. The van der Waals surface area contributed by atoms with Crippen LogP contribution in [-0.4, -0.2) is 51.1 Å². The molecule has 2 amide bonds. The number of pyridine rings is 1. The van der Waals surface area contributed by atoms with Crippen LogP contribution >= 0.6 is 0 Å². The summed E-state index contributed by atoms with van der Waals surface area (Å²) in [6.07, 6.45) is 7.16. The molecular formula is C21H26N4O4. The van der Waals surface area contributed by atoms with Gasteiger partial charge in [0.1, 0.15) is 5.60 Å². The van der Waals surface area contributed by atoms with Gasteiger partial charge in [0.05, 0.1) is 11.9 Å². The van der Waals surface area contributed by atoms with Gasteiger partial charge in [-0.3, -0.25) is 14.6 Å². The second kappa shape index (κ2) is 8.32. The number of nitrogens with one attached hydrogen (secondary N) is 1. The number of aromatic nitrogens is 2. The van der Waals surface area contributed by atoms with Crippen molar-refractivity contribution in [3.05, 3.63) is 48.1 Å². The van der Waals surface area contributed by atoms with E-state index < -0.39 is 5.60 Å². The molecule has 0 atom stereocenters. The Bertz CT molecular complexity index is 824. The molecule has 1 saturated carbocycles. The summed E-state index contributed by atoms with van der Waals surface area (Å²) in [7, 11) is 0. The fourth-order valence-electron chi connectivity index (χ4n) is 4.32. The Morgan fingerprint density at radius 3 is 2.48 bits per heavy atom. The Kier molecular flexibility index (Phi) is 5.62. The Balaban J connectivity index is 1.26. The van der Waals surface area contributed by atoms with Crippen LogP contribution in [0.15, 0.2) is 41.2 Å². The molecule has 0 spiro atoms. The number of carbonyl (C=O) groups is 2. The molecule has 8 nitrogen and oxygen atoms in total. The molecule has 0 aromatic carbocycles. The van der Waals surface area contributed by atoms with Crippen LogP contribution in [0.3, 0.4) is 0 Å². The molecule has 2 aromatic rings. The number of carbonyl (C=O) groups excluding carboxylic acids is 2. The summed E-state index contributed by atoms with van der Waals surface area (Å²) in [5.41, 5.74) is -0.282. The standard InChI is InChI=1S/C21H26N4O4/c26-19(17-8-12-23-29-17)24-16-6-4-15(5-7-16)20(27)25-13-9-21(28,10-14-25)18-3-1-2-11-22-18/h1-3,8,11-12,15-16,28H,4-7,9-10,13-14H2,(H,24,26). The predicted molar refractivity (Wildman–Crippen MR) is 104 cm³/mol. The molecule has 4 rings (SSSR count). The largest absolute Gasteiger partial charge is 0.383 e. The highest BCUT2D eigenvalue weighted by atomic mass is 16.5. The first kappa shape index (κ1) is 19.6. The van der Waals surface area contributed by atoms with Gasteiger partial charge in [0.25, 0.3) is 5.91 Å². The first-order valence-corrected chi connectivity index (χ1v) is 10.2. The van der Waals surface area contributed by atoms with Crippen molar-refractivity contribution < 1.29 is 19.2 Å². The highest BCUT2D eigenvalue weighted by Gasteiger charge is 2.38. The molecule has 2 fully saturated rings. The van der Waals surface area contributed by atoms with Crippen LogP contribution in [0.25, 0.3) is 0 Å². The third-order valence-electron chi connectivity index (χ3n) is 6.12. The van der Waals surface area contributed by atoms with Crippen LogP contribution in [0.5, 0.6) is 0 Å². The van der Waals surface area contributed by atoms with Crippen molar-refractivity contribution in [1.29, 1.82) is 0 Å². The molecule has 1 saturated heterocycles. The molecule has 2 N–H and O–H groups in total. The molecule has 1 aliphatic heterocycles.